The van der Waals surface area contributed by atoms with E-state index in [1.165, 1.54) is 19.3 Å². The van der Waals surface area contributed by atoms with Crippen LogP contribution in [0.1, 0.15) is 45.5 Å². The predicted octanol–water partition coefficient (Wildman–Crippen LogP) is 3.27. The van der Waals surface area contributed by atoms with E-state index in [1.807, 2.05) is 24.3 Å². The minimum atomic E-state index is -0.625. The van der Waals surface area contributed by atoms with Crippen LogP contribution in [0.15, 0.2) is 48.2 Å². The Morgan fingerprint density at radius 2 is 1.93 bits per heavy atom. The van der Waals surface area contributed by atoms with Crippen LogP contribution in [0, 0.1) is 0 Å². The second-order valence-corrected chi connectivity index (χ2v) is 7.31. The fourth-order valence-corrected chi connectivity index (χ4v) is 3.72. The van der Waals surface area contributed by atoms with Gasteiger partial charge in [-0.3, -0.25) is 14.5 Å². The lowest BCUT2D eigenvalue weighted by molar-refractivity contribution is 0.0991. The van der Waals surface area contributed by atoms with Crippen molar-refractivity contribution < 1.29 is 19.1 Å². The number of ether oxygens (including phenoxy) is 2. The van der Waals surface area contributed by atoms with E-state index in [1.54, 1.807) is 24.3 Å². The van der Waals surface area contributed by atoms with E-state index in [4.69, 9.17) is 15.2 Å². The molecule has 0 saturated carbocycles. The second-order valence-electron chi connectivity index (χ2n) is 7.31. The molecule has 6 nitrogen and oxygen atoms in total. The Hall–Kier alpha value is -3.12. The Bertz CT molecular complexity index is 961. The molecule has 0 unspecified atom stereocenters. The van der Waals surface area contributed by atoms with Crippen molar-refractivity contribution in [2.75, 3.05) is 26.2 Å². The first kappa shape index (κ1) is 19.2. The fourth-order valence-electron chi connectivity index (χ4n) is 3.72. The van der Waals surface area contributed by atoms with Crippen LogP contribution >= 0.6 is 0 Å². The molecule has 29 heavy (non-hydrogen) atoms. The number of nitrogens with zero attached hydrogens (tertiary/aromatic N) is 1. The minimum Gasteiger partial charge on any atom is -0.492 e. The number of primary amides is 1. The minimum absolute atomic E-state index is 0.166. The van der Waals surface area contributed by atoms with Gasteiger partial charge in [-0.15, -0.1) is 0 Å². The van der Waals surface area contributed by atoms with Gasteiger partial charge in [0.05, 0.1) is 11.1 Å². The Labute approximate surface area is 169 Å². The molecule has 0 atom stereocenters. The van der Waals surface area contributed by atoms with Gasteiger partial charge >= 0.3 is 0 Å². The van der Waals surface area contributed by atoms with Crippen molar-refractivity contribution in [3.63, 3.8) is 0 Å². The third-order valence-electron chi connectivity index (χ3n) is 5.24. The van der Waals surface area contributed by atoms with Crippen LogP contribution in [0.4, 0.5) is 0 Å². The predicted molar refractivity (Wildman–Crippen MR) is 110 cm³/mol. The molecule has 0 radical (unpaired) electrons. The van der Waals surface area contributed by atoms with E-state index in [-0.39, 0.29) is 22.9 Å². The smallest absolute Gasteiger partial charge is 0.252 e. The van der Waals surface area contributed by atoms with Crippen LogP contribution in [-0.4, -0.2) is 42.8 Å². The van der Waals surface area contributed by atoms with E-state index in [9.17, 15) is 9.59 Å². The van der Waals surface area contributed by atoms with Crippen molar-refractivity contribution in [1.29, 1.82) is 0 Å². The number of nitrogens with two attached hydrogens (primary N) is 1. The van der Waals surface area contributed by atoms with Crippen LogP contribution in [0.2, 0.25) is 0 Å². The number of benzene rings is 2. The Kier molecular flexibility index (Phi) is 5.62. The van der Waals surface area contributed by atoms with Crippen molar-refractivity contribution in [2.24, 2.45) is 5.73 Å². The number of para-hydroxylation sites is 1. The third-order valence-corrected chi connectivity index (χ3v) is 5.24. The molecule has 0 bridgehead atoms. The largest absolute Gasteiger partial charge is 0.492 e. The summed E-state index contributed by atoms with van der Waals surface area (Å²) in [6, 6.07) is 12.3. The van der Waals surface area contributed by atoms with Crippen molar-refractivity contribution in [1.82, 2.24) is 4.90 Å². The topological polar surface area (TPSA) is 81.9 Å². The number of carbonyl (C=O) groups excluding carboxylic acids is 2. The third kappa shape index (κ3) is 4.32. The molecule has 1 amide bonds. The molecule has 0 spiro atoms. The summed E-state index contributed by atoms with van der Waals surface area (Å²) >= 11 is 0. The number of hydrogen-bond donors (Lipinski definition) is 1. The molecule has 2 aromatic rings. The molecule has 1 fully saturated rings. The van der Waals surface area contributed by atoms with Crippen molar-refractivity contribution in [2.45, 2.75) is 19.3 Å². The monoisotopic (exact) mass is 392 g/mol. The molecule has 2 aromatic carbocycles. The maximum absolute atomic E-state index is 12.6. The highest BCUT2D eigenvalue weighted by Crippen LogP contribution is 2.35. The molecular formula is C23H24N2O4. The highest BCUT2D eigenvalue weighted by atomic mass is 16.5. The fraction of sp³-hybridized carbons (Fsp3) is 0.304. The first-order valence-electron chi connectivity index (χ1n) is 9.94. The van der Waals surface area contributed by atoms with Crippen molar-refractivity contribution in [3.05, 3.63) is 64.9 Å². The number of fused-ring (bicyclic) bond motifs is 1. The second kappa shape index (κ2) is 8.49. The first-order chi connectivity index (χ1) is 14.1. The van der Waals surface area contributed by atoms with Gasteiger partial charge in [-0.2, -0.15) is 0 Å². The quantitative estimate of drug-likeness (QED) is 0.763. The molecule has 4 rings (SSSR count). The maximum Gasteiger partial charge on any atom is 0.252 e. The van der Waals surface area contributed by atoms with Crippen LogP contribution in [0.3, 0.4) is 0 Å². The summed E-state index contributed by atoms with van der Waals surface area (Å²) in [5.41, 5.74) is 6.72. The van der Waals surface area contributed by atoms with Gasteiger partial charge in [0.2, 0.25) is 5.78 Å². The number of piperidine rings is 1. The number of amides is 1. The highest BCUT2D eigenvalue weighted by Gasteiger charge is 2.30. The molecular weight excluding hydrogens is 368 g/mol. The summed E-state index contributed by atoms with van der Waals surface area (Å²) in [5.74, 6) is 0.251. The molecule has 0 aromatic heterocycles. The number of carbonyl (C=O) groups is 2. The molecule has 6 heteroatoms. The van der Waals surface area contributed by atoms with Gasteiger partial charge in [-0.05, 0) is 61.8 Å². The summed E-state index contributed by atoms with van der Waals surface area (Å²) in [7, 11) is 0. The van der Waals surface area contributed by atoms with E-state index in [2.05, 4.69) is 4.90 Å². The lowest BCUT2D eigenvalue weighted by atomic mass is 10.1. The van der Waals surface area contributed by atoms with Crippen LogP contribution in [0.5, 0.6) is 11.5 Å². The summed E-state index contributed by atoms with van der Waals surface area (Å²) < 4.78 is 11.6. The number of Topliss-reactive ketones (excluding diaryl/α,β-unsaturated/α-hetero) is 1. The van der Waals surface area contributed by atoms with Gasteiger partial charge in [0.1, 0.15) is 12.4 Å². The van der Waals surface area contributed by atoms with Gasteiger partial charge in [0.25, 0.3) is 5.91 Å². The van der Waals surface area contributed by atoms with Gasteiger partial charge in [-0.25, -0.2) is 0 Å². The van der Waals surface area contributed by atoms with Gasteiger partial charge in [-0.1, -0.05) is 24.6 Å². The van der Waals surface area contributed by atoms with Crippen LogP contribution in [0.25, 0.3) is 6.08 Å². The zero-order chi connectivity index (χ0) is 20.2. The maximum atomic E-state index is 12.6. The standard InChI is InChI=1S/C23H24N2O4/c24-23(27)19-9-5-8-18-21(26)20(29-22(18)19)15-16-6-4-7-17(14-16)28-13-12-25-10-2-1-3-11-25/h4-9,14-15H,1-3,10-13H2,(H2,24,27)/b20-15-. The van der Waals surface area contributed by atoms with E-state index in [0.717, 1.165) is 30.9 Å². The van der Waals surface area contributed by atoms with Crippen LogP contribution in [-0.2, 0) is 0 Å². The zero-order valence-corrected chi connectivity index (χ0v) is 16.2. The number of allylic oxidation sites excluding steroid dienone is 1. The number of likely N-dealkylation sites (tertiary alicyclic amines) is 1. The number of hydrogen-bond acceptors (Lipinski definition) is 5. The average molecular weight is 392 g/mol. The Balaban J connectivity index is 1.45. The molecule has 1 saturated heterocycles. The number of rotatable bonds is 6. The summed E-state index contributed by atoms with van der Waals surface area (Å²) in [6.07, 6.45) is 5.50. The normalized spacial score (nSPS) is 17.8. The molecule has 2 aliphatic rings. The summed E-state index contributed by atoms with van der Waals surface area (Å²) in [5, 5.41) is 0. The first-order valence-corrected chi connectivity index (χ1v) is 9.94. The van der Waals surface area contributed by atoms with E-state index in [0.29, 0.717) is 12.2 Å². The van der Waals surface area contributed by atoms with E-state index < -0.39 is 5.91 Å². The zero-order valence-electron chi connectivity index (χ0n) is 16.2. The van der Waals surface area contributed by atoms with Gasteiger partial charge in [0, 0.05) is 6.54 Å². The van der Waals surface area contributed by atoms with Crippen LogP contribution < -0.4 is 15.2 Å². The summed E-state index contributed by atoms with van der Waals surface area (Å²) in [6.45, 7) is 3.83. The highest BCUT2D eigenvalue weighted by molar-refractivity contribution is 6.16. The molecule has 0 aliphatic carbocycles. The molecule has 2 N–H and O–H groups in total. The molecule has 2 heterocycles. The SMILES string of the molecule is NC(=O)c1cccc2c1O/C(=C\c1cccc(OCCN3CCCCC3)c1)C2=O. The Morgan fingerprint density at radius 1 is 1.14 bits per heavy atom. The number of ketones is 1. The average Bonchev–Trinajstić information content (AvgIpc) is 3.04. The van der Waals surface area contributed by atoms with Crippen molar-refractivity contribution >= 4 is 17.8 Å². The van der Waals surface area contributed by atoms with E-state index >= 15 is 0 Å². The van der Waals surface area contributed by atoms with Gasteiger partial charge < -0.3 is 15.2 Å². The Morgan fingerprint density at radius 3 is 2.72 bits per heavy atom. The summed E-state index contributed by atoms with van der Waals surface area (Å²) in [4.78, 5) is 26.6. The molecule has 150 valence electrons. The lowest BCUT2D eigenvalue weighted by Crippen LogP contribution is -2.33. The lowest BCUT2D eigenvalue weighted by Gasteiger charge is -2.26. The molecule has 2 aliphatic heterocycles. The van der Waals surface area contributed by atoms with Gasteiger partial charge in [0.15, 0.2) is 11.5 Å². The van der Waals surface area contributed by atoms with Crippen molar-refractivity contribution in [3.8, 4) is 11.5 Å².